The van der Waals surface area contributed by atoms with Crippen LogP contribution in [0.1, 0.15) is 27.2 Å². The van der Waals surface area contributed by atoms with Crippen LogP contribution in [0.25, 0.3) is 0 Å². The third kappa shape index (κ3) is 4.98. The van der Waals surface area contributed by atoms with Crippen molar-refractivity contribution in [2.75, 3.05) is 19.8 Å². The number of ether oxygens (including phenoxy) is 1. The molecular formula is C13H24NO4P. The van der Waals surface area contributed by atoms with Crippen LogP contribution in [-0.2, 0) is 13.8 Å². The zero-order valence-corrected chi connectivity index (χ0v) is 12.8. The number of hydrogen-bond acceptors (Lipinski definition) is 5. The van der Waals surface area contributed by atoms with Crippen LogP contribution in [0, 0.1) is 29.1 Å². The Kier molecular flexibility index (Phi) is 7.82. The lowest BCUT2D eigenvalue weighted by molar-refractivity contribution is -0.157. The van der Waals surface area contributed by atoms with Gasteiger partial charge in [-0.3, -0.25) is 0 Å². The highest BCUT2D eigenvalue weighted by molar-refractivity contribution is 7.26. The Morgan fingerprint density at radius 1 is 1.16 bits per heavy atom. The third-order valence-electron chi connectivity index (χ3n) is 4.04. The number of aliphatic hydroxyl groups is 1. The highest BCUT2D eigenvalue weighted by atomic mass is 31.1. The first-order valence-electron chi connectivity index (χ1n) is 6.73. The van der Waals surface area contributed by atoms with Crippen molar-refractivity contribution >= 4 is 9.03 Å². The minimum Gasteiger partial charge on any atom is -0.394 e. The van der Waals surface area contributed by atoms with E-state index in [1.165, 1.54) is 0 Å². The van der Waals surface area contributed by atoms with Gasteiger partial charge in [0.15, 0.2) is 9.03 Å². The third-order valence-corrected chi connectivity index (χ3v) is 4.65. The molecule has 0 amide bonds. The fraction of sp³-hybridized carbons (Fsp3) is 0.923. The monoisotopic (exact) mass is 289 g/mol. The molecular weight excluding hydrogens is 265 g/mol. The zero-order chi connectivity index (χ0) is 14.3. The van der Waals surface area contributed by atoms with Crippen LogP contribution in [-0.4, -0.2) is 37.1 Å². The van der Waals surface area contributed by atoms with E-state index < -0.39 is 0 Å². The maximum Gasteiger partial charge on any atom is 0.155 e. The summed E-state index contributed by atoms with van der Waals surface area (Å²) in [7, 11) is -0.0587. The predicted molar refractivity (Wildman–Crippen MR) is 73.7 cm³/mol. The van der Waals surface area contributed by atoms with E-state index in [1.54, 1.807) is 0 Å². The molecule has 6 heteroatoms. The topological polar surface area (TPSA) is 71.7 Å². The minimum absolute atomic E-state index is 0.00424. The predicted octanol–water partition coefficient (Wildman–Crippen LogP) is 2.11. The number of hydrogen-bond donors (Lipinski definition) is 1. The molecule has 6 atom stereocenters. The number of nitrogens with zero attached hydrogens (tertiary/aromatic N) is 1. The molecule has 0 saturated carbocycles. The van der Waals surface area contributed by atoms with Crippen molar-refractivity contribution in [3.63, 3.8) is 0 Å². The van der Waals surface area contributed by atoms with Gasteiger partial charge in [0.1, 0.15) is 0 Å². The molecule has 1 heterocycles. The molecule has 0 aromatic rings. The highest BCUT2D eigenvalue weighted by Crippen LogP contribution is 2.35. The molecule has 110 valence electrons. The van der Waals surface area contributed by atoms with E-state index in [1.807, 2.05) is 6.07 Å². The average Bonchev–Trinajstić information content (AvgIpc) is 2.42. The van der Waals surface area contributed by atoms with E-state index in [0.717, 1.165) is 0 Å². The van der Waals surface area contributed by atoms with E-state index >= 15 is 0 Å². The van der Waals surface area contributed by atoms with Crippen LogP contribution < -0.4 is 0 Å². The Labute approximate surface area is 117 Å². The van der Waals surface area contributed by atoms with Gasteiger partial charge in [-0.2, -0.15) is 5.26 Å². The van der Waals surface area contributed by atoms with Crippen LogP contribution in [0.4, 0.5) is 0 Å². The first-order valence-corrected chi connectivity index (χ1v) is 7.55. The average molecular weight is 289 g/mol. The Morgan fingerprint density at radius 2 is 1.84 bits per heavy atom. The molecule has 1 fully saturated rings. The second-order valence-corrected chi connectivity index (χ2v) is 5.87. The van der Waals surface area contributed by atoms with Gasteiger partial charge in [-0.1, -0.05) is 20.8 Å². The summed E-state index contributed by atoms with van der Waals surface area (Å²) in [5.74, 6) is 1.23. The van der Waals surface area contributed by atoms with E-state index in [0.29, 0.717) is 37.4 Å². The standard InChI is InChI=1S/C13H24NO4P/c1-9-10(2)12(7-15)18-13(11(9)3)8-17-19-16-6-4-5-14/h9-13,15,19H,4,6-8H2,1-3H3/t9-,10+,11+,12+,13?/m0/s1. The Hall–Kier alpha value is -0.240. The van der Waals surface area contributed by atoms with Gasteiger partial charge < -0.3 is 18.9 Å². The van der Waals surface area contributed by atoms with Crippen molar-refractivity contribution in [1.82, 2.24) is 0 Å². The van der Waals surface area contributed by atoms with Crippen molar-refractivity contribution in [2.45, 2.75) is 39.4 Å². The van der Waals surface area contributed by atoms with Gasteiger partial charge in [-0.15, -0.1) is 0 Å². The van der Waals surface area contributed by atoms with Crippen molar-refractivity contribution in [3.05, 3.63) is 0 Å². The molecule has 0 aromatic carbocycles. The van der Waals surface area contributed by atoms with Crippen molar-refractivity contribution in [2.24, 2.45) is 17.8 Å². The molecule has 0 spiro atoms. The Morgan fingerprint density at radius 3 is 2.47 bits per heavy atom. The second-order valence-electron chi connectivity index (χ2n) is 5.12. The quantitative estimate of drug-likeness (QED) is 0.574. The lowest BCUT2D eigenvalue weighted by Gasteiger charge is -2.43. The van der Waals surface area contributed by atoms with Gasteiger partial charge in [0.2, 0.25) is 0 Å². The van der Waals surface area contributed by atoms with E-state index in [4.69, 9.17) is 19.0 Å². The molecule has 1 rings (SSSR count). The second kappa shape index (κ2) is 8.84. The molecule has 0 aliphatic carbocycles. The molecule has 1 N–H and O–H groups in total. The molecule has 1 aliphatic heterocycles. The normalized spacial score (nSPS) is 35.6. The van der Waals surface area contributed by atoms with Crippen LogP contribution in [0.2, 0.25) is 0 Å². The first-order chi connectivity index (χ1) is 9.11. The summed E-state index contributed by atoms with van der Waals surface area (Å²) in [6.45, 7) is 7.39. The van der Waals surface area contributed by atoms with Crippen molar-refractivity contribution in [1.29, 1.82) is 5.26 Å². The summed E-state index contributed by atoms with van der Waals surface area (Å²) >= 11 is 0. The van der Waals surface area contributed by atoms with Gasteiger partial charge in [0, 0.05) is 0 Å². The van der Waals surface area contributed by atoms with Gasteiger partial charge in [-0.25, -0.2) is 0 Å². The molecule has 0 aromatic heterocycles. The maximum atomic E-state index is 9.33. The Balaban J connectivity index is 2.30. The van der Waals surface area contributed by atoms with Crippen molar-refractivity contribution in [3.8, 4) is 6.07 Å². The lowest BCUT2D eigenvalue weighted by atomic mass is 9.77. The molecule has 0 bridgehead atoms. The lowest BCUT2D eigenvalue weighted by Crippen LogP contribution is -2.47. The van der Waals surface area contributed by atoms with Gasteiger partial charge in [0.05, 0.1) is 44.5 Å². The fourth-order valence-corrected chi connectivity index (χ4v) is 2.83. The summed E-state index contributed by atoms with van der Waals surface area (Å²) in [5.41, 5.74) is 0. The van der Waals surface area contributed by atoms with E-state index in [2.05, 4.69) is 20.8 Å². The number of rotatable bonds is 7. The molecule has 19 heavy (non-hydrogen) atoms. The maximum absolute atomic E-state index is 9.33. The molecule has 1 saturated heterocycles. The first kappa shape index (κ1) is 16.8. The summed E-state index contributed by atoms with van der Waals surface area (Å²) < 4.78 is 16.5. The minimum atomic E-state index is -0.109. The van der Waals surface area contributed by atoms with Gasteiger partial charge in [0.25, 0.3) is 0 Å². The fourth-order valence-electron chi connectivity index (χ4n) is 2.32. The SMILES string of the molecule is C[C@@H]1[C@H](C)[C@@H](C)C(COPOCCC#N)O[C@@H]1CO. The van der Waals surface area contributed by atoms with Crippen LogP contribution in [0.5, 0.6) is 0 Å². The van der Waals surface area contributed by atoms with E-state index in [9.17, 15) is 5.11 Å². The molecule has 2 unspecified atom stereocenters. The smallest absolute Gasteiger partial charge is 0.155 e. The largest absolute Gasteiger partial charge is 0.394 e. The van der Waals surface area contributed by atoms with Gasteiger partial charge >= 0.3 is 0 Å². The number of nitriles is 1. The summed E-state index contributed by atoms with van der Waals surface area (Å²) in [6, 6.07) is 2.01. The summed E-state index contributed by atoms with van der Waals surface area (Å²) in [4.78, 5) is 0. The Bertz CT molecular complexity index is 295. The van der Waals surface area contributed by atoms with Gasteiger partial charge in [-0.05, 0) is 17.8 Å². The summed E-state index contributed by atoms with van der Waals surface area (Å²) in [5, 5.41) is 17.7. The molecule has 1 aliphatic rings. The van der Waals surface area contributed by atoms with Crippen LogP contribution >= 0.6 is 9.03 Å². The summed E-state index contributed by atoms with van der Waals surface area (Å²) in [6.07, 6.45) is 0.270. The van der Waals surface area contributed by atoms with Crippen molar-refractivity contribution < 1.29 is 18.9 Å². The zero-order valence-electron chi connectivity index (χ0n) is 11.8. The molecule has 5 nitrogen and oxygen atoms in total. The number of aliphatic hydroxyl groups excluding tert-OH is 1. The highest BCUT2D eigenvalue weighted by Gasteiger charge is 2.38. The molecule has 0 radical (unpaired) electrons. The van der Waals surface area contributed by atoms with Crippen LogP contribution in [0.15, 0.2) is 0 Å². The van der Waals surface area contributed by atoms with Crippen LogP contribution in [0.3, 0.4) is 0 Å². The van der Waals surface area contributed by atoms with E-state index in [-0.39, 0.29) is 27.8 Å².